The first-order valence-electron chi connectivity index (χ1n) is 9.01. The van der Waals surface area contributed by atoms with Crippen LogP contribution >= 0.6 is 0 Å². The lowest BCUT2D eigenvalue weighted by Crippen LogP contribution is -2.50. The predicted molar refractivity (Wildman–Crippen MR) is 94.9 cm³/mol. The van der Waals surface area contributed by atoms with Gasteiger partial charge < -0.3 is 9.32 Å². The molecule has 0 saturated carbocycles. The molecular weight excluding hydrogens is 298 g/mol. The van der Waals surface area contributed by atoms with Crippen LogP contribution in [0.2, 0.25) is 0 Å². The van der Waals surface area contributed by atoms with Gasteiger partial charge in [-0.2, -0.15) is 5.10 Å². The molecule has 2 aliphatic rings. The highest BCUT2D eigenvalue weighted by Crippen LogP contribution is 2.39. The van der Waals surface area contributed by atoms with E-state index in [0.29, 0.717) is 6.04 Å². The van der Waals surface area contributed by atoms with E-state index in [9.17, 15) is 0 Å². The lowest BCUT2D eigenvalue weighted by molar-refractivity contribution is 0.0380. The fraction of sp³-hybridized carbons (Fsp3) is 0.450. The van der Waals surface area contributed by atoms with Crippen molar-refractivity contribution in [3.05, 3.63) is 43.0 Å². The number of aromatic nitrogens is 2. The molecule has 2 fully saturated rings. The molecule has 0 spiro atoms. The lowest BCUT2D eigenvalue weighted by atomic mass is 9.82. The van der Waals surface area contributed by atoms with Crippen molar-refractivity contribution in [3.63, 3.8) is 0 Å². The summed E-state index contributed by atoms with van der Waals surface area (Å²) in [6.07, 6.45) is 12.1. The molecule has 4 nitrogen and oxygen atoms in total. The second-order valence-corrected chi connectivity index (χ2v) is 7.40. The Labute approximate surface area is 142 Å². The third-order valence-electron chi connectivity index (χ3n) is 6.11. The van der Waals surface area contributed by atoms with E-state index in [1.54, 1.807) is 12.5 Å². The van der Waals surface area contributed by atoms with Gasteiger partial charge in [0.2, 0.25) is 0 Å². The molecule has 0 aliphatic carbocycles. The van der Waals surface area contributed by atoms with Crippen molar-refractivity contribution in [2.75, 3.05) is 7.05 Å². The van der Waals surface area contributed by atoms with E-state index >= 15 is 0 Å². The van der Waals surface area contributed by atoms with Crippen molar-refractivity contribution in [2.45, 2.75) is 50.2 Å². The molecule has 2 aliphatic heterocycles. The Kier molecular flexibility index (Phi) is 3.27. The van der Waals surface area contributed by atoms with Gasteiger partial charge in [-0.05, 0) is 56.5 Å². The van der Waals surface area contributed by atoms with E-state index in [4.69, 9.17) is 9.52 Å². The van der Waals surface area contributed by atoms with Gasteiger partial charge in [0.05, 0.1) is 30.3 Å². The minimum Gasteiger partial charge on any atom is -0.472 e. The summed E-state index contributed by atoms with van der Waals surface area (Å²) in [5.74, 6) is 0. The zero-order valence-corrected chi connectivity index (χ0v) is 14.1. The predicted octanol–water partition coefficient (Wildman–Crippen LogP) is 4.48. The van der Waals surface area contributed by atoms with Crippen molar-refractivity contribution < 1.29 is 4.42 Å². The van der Waals surface area contributed by atoms with Crippen molar-refractivity contribution in [1.29, 1.82) is 0 Å². The summed E-state index contributed by atoms with van der Waals surface area (Å²) in [4.78, 5) is 2.61. The normalized spacial score (nSPS) is 27.6. The summed E-state index contributed by atoms with van der Waals surface area (Å²) in [5, 5.41) is 5.99. The SMILES string of the molecule is CN1C2CCCC1CC(n1ncc3cc(-c4ccoc4)ccc31)C2. The highest BCUT2D eigenvalue weighted by atomic mass is 16.3. The Bertz CT molecular complexity index is 837. The van der Waals surface area contributed by atoms with Crippen molar-refractivity contribution in [1.82, 2.24) is 14.7 Å². The van der Waals surface area contributed by atoms with E-state index < -0.39 is 0 Å². The molecule has 1 aromatic carbocycles. The van der Waals surface area contributed by atoms with Crippen LogP contribution in [0.5, 0.6) is 0 Å². The van der Waals surface area contributed by atoms with E-state index in [1.807, 2.05) is 12.3 Å². The Hall–Kier alpha value is -2.07. The summed E-state index contributed by atoms with van der Waals surface area (Å²) >= 11 is 0. The Morgan fingerprint density at radius 1 is 1.04 bits per heavy atom. The second kappa shape index (κ2) is 5.49. The van der Waals surface area contributed by atoms with Crippen LogP contribution in [-0.4, -0.2) is 33.8 Å². The van der Waals surface area contributed by atoms with Gasteiger partial charge in [0.15, 0.2) is 0 Å². The molecule has 2 atom stereocenters. The van der Waals surface area contributed by atoms with Gasteiger partial charge >= 0.3 is 0 Å². The zero-order valence-electron chi connectivity index (χ0n) is 14.1. The molecule has 0 radical (unpaired) electrons. The third-order valence-corrected chi connectivity index (χ3v) is 6.11. The van der Waals surface area contributed by atoms with Crippen LogP contribution in [0.1, 0.15) is 38.1 Å². The van der Waals surface area contributed by atoms with Crippen LogP contribution < -0.4 is 0 Å². The summed E-state index contributed by atoms with van der Waals surface area (Å²) in [6.45, 7) is 0. The molecule has 124 valence electrons. The van der Waals surface area contributed by atoms with Gasteiger partial charge in [0.25, 0.3) is 0 Å². The molecule has 4 heterocycles. The highest BCUT2D eigenvalue weighted by molar-refractivity contribution is 5.84. The number of fused-ring (bicyclic) bond motifs is 3. The van der Waals surface area contributed by atoms with Crippen molar-refractivity contribution in [2.24, 2.45) is 0 Å². The first-order chi connectivity index (χ1) is 11.8. The molecule has 2 saturated heterocycles. The molecule has 0 N–H and O–H groups in total. The number of hydrogen-bond donors (Lipinski definition) is 0. The topological polar surface area (TPSA) is 34.2 Å². The monoisotopic (exact) mass is 321 g/mol. The van der Waals surface area contributed by atoms with Gasteiger partial charge in [0, 0.05) is 23.0 Å². The second-order valence-electron chi connectivity index (χ2n) is 7.40. The average Bonchev–Trinajstić information content (AvgIpc) is 3.24. The van der Waals surface area contributed by atoms with Gasteiger partial charge in [-0.1, -0.05) is 12.5 Å². The number of hydrogen-bond acceptors (Lipinski definition) is 3. The summed E-state index contributed by atoms with van der Waals surface area (Å²) in [6, 6.07) is 10.6. The highest BCUT2D eigenvalue weighted by Gasteiger charge is 2.37. The fourth-order valence-corrected chi connectivity index (χ4v) is 4.74. The number of furan rings is 1. The van der Waals surface area contributed by atoms with Crippen LogP contribution in [0, 0.1) is 0 Å². The molecule has 5 rings (SSSR count). The van der Waals surface area contributed by atoms with E-state index in [2.05, 4.69) is 34.8 Å². The first-order valence-corrected chi connectivity index (χ1v) is 9.01. The smallest absolute Gasteiger partial charge is 0.0980 e. The molecule has 2 unspecified atom stereocenters. The third kappa shape index (κ3) is 2.20. The molecule has 3 aromatic rings. The standard InChI is InChI=1S/C20H23N3O/c1-22-17-3-2-4-18(22)11-19(10-17)23-20-6-5-14(9-16(20)12-21-23)15-7-8-24-13-15/h5-9,12-13,17-19H,2-4,10-11H2,1H3. The van der Waals surface area contributed by atoms with E-state index in [0.717, 1.165) is 17.6 Å². The maximum absolute atomic E-state index is 5.21. The fourth-order valence-electron chi connectivity index (χ4n) is 4.74. The van der Waals surface area contributed by atoms with Gasteiger partial charge in [-0.3, -0.25) is 4.68 Å². The van der Waals surface area contributed by atoms with Gasteiger partial charge in [-0.25, -0.2) is 0 Å². The van der Waals surface area contributed by atoms with E-state index in [1.165, 1.54) is 48.6 Å². The van der Waals surface area contributed by atoms with Crippen LogP contribution in [0.25, 0.3) is 22.0 Å². The van der Waals surface area contributed by atoms with Crippen molar-refractivity contribution in [3.8, 4) is 11.1 Å². The van der Waals surface area contributed by atoms with Crippen LogP contribution in [0.4, 0.5) is 0 Å². The van der Waals surface area contributed by atoms with Crippen LogP contribution in [0.3, 0.4) is 0 Å². The lowest BCUT2D eigenvalue weighted by Gasteiger charge is -2.47. The van der Waals surface area contributed by atoms with Gasteiger partial charge in [-0.15, -0.1) is 0 Å². The Morgan fingerprint density at radius 2 is 1.88 bits per heavy atom. The van der Waals surface area contributed by atoms with Crippen molar-refractivity contribution >= 4 is 10.9 Å². The van der Waals surface area contributed by atoms with Crippen LogP contribution in [-0.2, 0) is 0 Å². The molecule has 4 heteroatoms. The first kappa shape index (κ1) is 14.3. The minimum absolute atomic E-state index is 0.536. The zero-order chi connectivity index (χ0) is 16.1. The summed E-state index contributed by atoms with van der Waals surface area (Å²) in [7, 11) is 2.31. The average molecular weight is 321 g/mol. The number of nitrogens with zero attached hydrogens (tertiary/aromatic N) is 3. The minimum atomic E-state index is 0.536. The largest absolute Gasteiger partial charge is 0.472 e. The molecular formula is C20H23N3O. The summed E-state index contributed by atoms with van der Waals surface area (Å²) < 4.78 is 7.49. The Balaban J connectivity index is 1.49. The molecule has 0 amide bonds. The number of piperidine rings is 2. The molecule has 2 bridgehead atoms. The van der Waals surface area contributed by atoms with E-state index in [-0.39, 0.29) is 0 Å². The summed E-state index contributed by atoms with van der Waals surface area (Å²) in [5.41, 5.74) is 3.57. The quantitative estimate of drug-likeness (QED) is 0.697. The molecule has 24 heavy (non-hydrogen) atoms. The van der Waals surface area contributed by atoms with Crippen LogP contribution in [0.15, 0.2) is 47.4 Å². The maximum atomic E-state index is 5.21. The Morgan fingerprint density at radius 3 is 2.62 bits per heavy atom. The number of rotatable bonds is 2. The maximum Gasteiger partial charge on any atom is 0.0980 e. The molecule has 2 aromatic heterocycles. The number of benzene rings is 1. The van der Waals surface area contributed by atoms with Gasteiger partial charge in [0.1, 0.15) is 0 Å².